The van der Waals surface area contributed by atoms with Gasteiger partial charge in [-0.15, -0.1) is 0 Å². The van der Waals surface area contributed by atoms with Gasteiger partial charge in [0.15, 0.2) is 15.5 Å². The Morgan fingerprint density at radius 1 is 1.06 bits per heavy atom. The van der Waals surface area contributed by atoms with E-state index in [4.69, 9.17) is 9.97 Å². The zero-order valence-electron chi connectivity index (χ0n) is 20.9. The summed E-state index contributed by atoms with van der Waals surface area (Å²) in [4.78, 5) is 27.5. The zero-order valence-corrected chi connectivity index (χ0v) is 21.7. The highest BCUT2D eigenvalue weighted by Crippen LogP contribution is 2.33. The number of nitrogens with zero attached hydrogens (tertiary/aromatic N) is 5. The predicted molar refractivity (Wildman–Crippen MR) is 137 cm³/mol. The van der Waals surface area contributed by atoms with Crippen molar-refractivity contribution in [1.82, 2.24) is 24.3 Å². The maximum Gasteiger partial charge on any atom is 0.274 e. The standard InChI is InChI=1S/C26H33N5O3S/c1-17-5-7-19(8-6-17)22-15-23-24(27-18(2)31(23)21-11-14-35(33,34)16-21)25(28-22)26(32)30(4)20-9-12-29(3)13-10-20/h5-8,15,20-21H,9-14,16H2,1-4H3. The molecular weight excluding hydrogens is 462 g/mol. The molecule has 0 spiro atoms. The van der Waals surface area contributed by atoms with E-state index in [9.17, 15) is 13.2 Å². The summed E-state index contributed by atoms with van der Waals surface area (Å²) in [5.41, 5.74) is 4.41. The molecule has 8 nitrogen and oxygen atoms in total. The van der Waals surface area contributed by atoms with Gasteiger partial charge < -0.3 is 14.4 Å². The number of fused-ring (bicyclic) bond motifs is 1. The maximum absolute atomic E-state index is 13.8. The number of hydrogen-bond acceptors (Lipinski definition) is 6. The molecule has 1 unspecified atom stereocenters. The van der Waals surface area contributed by atoms with E-state index in [0.29, 0.717) is 29.1 Å². The Hall–Kier alpha value is -2.78. The van der Waals surface area contributed by atoms with Crippen molar-refractivity contribution >= 4 is 26.8 Å². The Kier molecular flexibility index (Phi) is 6.17. The number of likely N-dealkylation sites (tertiary alicyclic amines) is 1. The Morgan fingerprint density at radius 3 is 2.37 bits per heavy atom. The summed E-state index contributed by atoms with van der Waals surface area (Å²) in [6, 6.07) is 9.99. The van der Waals surface area contributed by atoms with Crippen LogP contribution in [0.25, 0.3) is 22.3 Å². The molecule has 2 fully saturated rings. The minimum atomic E-state index is -3.08. The van der Waals surface area contributed by atoms with Gasteiger partial charge in [0.2, 0.25) is 0 Å². The Labute approximate surface area is 206 Å². The van der Waals surface area contributed by atoms with Crippen molar-refractivity contribution in [1.29, 1.82) is 0 Å². The Balaban J connectivity index is 1.64. The molecule has 3 aromatic rings. The lowest BCUT2D eigenvalue weighted by atomic mass is 10.0. The first kappa shape index (κ1) is 23.9. The summed E-state index contributed by atoms with van der Waals surface area (Å²) in [7, 11) is 0.887. The first-order valence-corrected chi connectivity index (χ1v) is 14.1. The number of aryl methyl sites for hydroxylation is 2. The highest BCUT2D eigenvalue weighted by molar-refractivity contribution is 7.91. The molecule has 2 aromatic heterocycles. The Morgan fingerprint density at radius 2 is 1.74 bits per heavy atom. The lowest BCUT2D eigenvalue weighted by Gasteiger charge is -2.35. The van der Waals surface area contributed by atoms with Crippen LogP contribution < -0.4 is 0 Å². The van der Waals surface area contributed by atoms with Gasteiger partial charge in [0.05, 0.1) is 28.8 Å². The van der Waals surface area contributed by atoms with Gasteiger partial charge in [0.25, 0.3) is 5.91 Å². The van der Waals surface area contributed by atoms with E-state index in [2.05, 4.69) is 11.9 Å². The van der Waals surface area contributed by atoms with Crippen molar-refractivity contribution < 1.29 is 13.2 Å². The van der Waals surface area contributed by atoms with Crippen LogP contribution in [-0.4, -0.2) is 83.4 Å². The number of pyridine rings is 1. The number of aromatic nitrogens is 3. The van der Waals surface area contributed by atoms with E-state index in [1.54, 1.807) is 0 Å². The largest absolute Gasteiger partial charge is 0.337 e. The van der Waals surface area contributed by atoms with E-state index < -0.39 is 9.84 Å². The average molecular weight is 496 g/mol. The Bertz CT molecular complexity index is 1370. The normalized spacial score (nSPS) is 21.0. The number of rotatable bonds is 4. The molecule has 2 aliphatic heterocycles. The van der Waals surface area contributed by atoms with E-state index in [1.807, 2.05) is 60.7 Å². The van der Waals surface area contributed by atoms with Gasteiger partial charge in [-0.25, -0.2) is 18.4 Å². The second-order valence-electron chi connectivity index (χ2n) is 10.1. The SMILES string of the molecule is Cc1ccc(-c2cc3c(nc(C)n3C3CCS(=O)(=O)C3)c(C(=O)N(C)C3CCN(C)CC3)n2)cc1. The smallest absolute Gasteiger partial charge is 0.274 e. The molecule has 0 radical (unpaired) electrons. The molecule has 0 bridgehead atoms. The molecule has 1 atom stereocenters. The van der Waals surface area contributed by atoms with Crippen LogP contribution >= 0.6 is 0 Å². The lowest BCUT2D eigenvalue weighted by molar-refractivity contribution is 0.0656. The average Bonchev–Trinajstić information content (AvgIpc) is 3.35. The molecule has 9 heteroatoms. The van der Waals surface area contributed by atoms with Crippen LogP contribution in [0.4, 0.5) is 0 Å². The molecule has 186 valence electrons. The van der Waals surface area contributed by atoms with E-state index in [1.165, 1.54) is 0 Å². The summed E-state index contributed by atoms with van der Waals surface area (Å²) in [5.74, 6) is 0.848. The van der Waals surface area contributed by atoms with Crippen LogP contribution in [0, 0.1) is 13.8 Å². The van der Waals surface area contributed by atoms with Crippen LogP contribution in [0.2, 0.25) is 0 Å². The number of carbonyl (C=O) groups is 1. The van der Waals surface area contributed by atoms with Crippen molar-refractivity contribution in [2.75, 3.05) is 38.7 Å². The van der Waals surface area contributed by atoms with Crippen LogP contribution in [0.3, 0.4) is 0 Å². The quantitative estimate of drug-likeness (QED) is 0.552. The van der Waals surface area contributed by atoms with E-state index in [0.717, 1.165) is 42.6 Å². The van der Waals surface area contributed by atoms with Crippen molar-refractivity contribution in [3.8, 4) is 11.3 Å². The number of carbonyl (C=O) groups excluding carboxylic acids is 1. The third kappa shape index (κ3) is 4.59. The van der Waals surface area contributed by atoms with Crippen LogP contribution in [0.1, 0.15) is 47.2 Å². The summed E-state index contributed by atoms with van der Waals surface area (Å²) < 4.78 is 26.5. The van der Waals surface area contributed by atoms with Gasteiger partial charge in [0.1, 0.15) is 11.3 Å². The molecular formula is C26H33N5O3S. The number of amides is 1. The fourth-order valence-corrected chi connectivity index (χ4v) is 7.08. The minimum absolute atomic E-state index is 0.0975. The van der Waals surface area contributed by atoms with Gasteiger partial charge in [-0.2, -0.15) is 0 Å². The first-order chi connectivity index (χ1) is 16.6. The second kappa shape index (κ2) is 9.02. The molecule has 1 aromatic carbocycles. The van der Waals surface area contributed by atoms with Crippen LogP contribution in [0.15, 0.2) is 30.3 Å². The van der Waals surface area contributed by atoms with Crippen molar-refractivity contribution in [2.45, 2.75) is 45.2 Å². The van der Waals surface area contributed by atoms with E-state index in [-0.39, 0.29) is 29.5 Å². The molecule has 1 amide bonds. The number of benzene rings is 1. The summed E-state index contributed by atoms with van der Waals surface area (Å²) in [6.45, 7) is 5.83. The molecule has 2 aliphatic rings. The monoisotopic (exact) mass is 495 g/mol. The fourth-order valence-electron chi connectivity index (χ4n) is 5.39. The summed E-state index contributed by atoms with van der Waals surface area (Å²) >= 11 is 0. The van der Waals surface area contributed by atoms with Crippen molar-refractivity contribution in [2.24, 2.45) is 0 Å². The topological polar surface area (TPSA) is 88.4 Å². The van der Waals surface area contributed by atoms with Gasteiger partial charge in [-0.1, -0.05) is 29.8 Å². The van der Waals surface area contributed by atoms with Gasteiger partial charge in [-0.05, 0) is 59.3 Å². The number of sulfone groups is 1. The molecule has 0 aliphatic carbocycles. The molecule has 5 rings (SSSR count). The molecule has 2 saturated heterocycles. The van der Waals surface area contributed by atoms with Gasteiger partial charge >= 0.3 is 0 Å². The molecule has 0 N–H and O–H groups in total. The second-order valence-corrected chi connectivity index (χ2v) is 12.4. The summed E-state index contributed by atoms with van der Waals surface area (Å²) in [6.07, 6.45) is 2.40. The zero-order chi connectivity index (χ0) is 24.9. The minimum Gasteiger partial charge on any atom is -0.337 e. The summed E-state index contributed by atoms with van der Waals surface area (Å²) in [5, 5.41) is 0. The first-order valence-electron chi connectivity index (χ1n) is 12.3. The fraction of sp³-hybridized carbons (Fsp3) is 0.500. The van der Waals surface area contributed by atoms with Crippen LogP contribution in [0.5, 0.6) is 0 Å². The third-order valence-corrected chi connectivity index (χ3v) is 9.28. The molecule has 0 saturated carbocycles. The number of piperidine rings is 1. The maximum atomic E-state index is 13.8. The predicted octanol–water partition coefficient (Wildman–Crippen LogP) is 3.24. The lowest BCUT2D eigenvalue weighted by Crippen LogP contribution is -2.44. The van der Waals surface area contributed by atoms with Crippen molar-refractivity contribution in [3.05, 3.63) is 47.4 Å². The van der Waals surface area contributed by atoms with Crippen molar-refractivity contribution in [3.63, 3.8) is 0 Å². The van der Waals surface area contributed by atoms with Gasteiger partial charge in [0, 0.05) is 18.7 Å². The van der Waals surface area contributed by atoms with Crippen LogP contribution in [-0.2, 0) is 9.84 Å². The van der Waals surface area contributed by atoms with E-state index >= 15 is 0 Å². The number of imidazole rings is 1. The van der Waals surface area contributed by atoms with Gasteiger partial charge in [-0.3, -0.25) is 4.79 Å². The molecule has 4 heterocycles. The highest BCUT2D eigenvalue weighted by Gasteiger charge is 2.33. The highest BCUT2D eigenvalue weighted by atomic mass is 32.2. The molecule has 35 heavy (non-hydrogen) atoms. The third-order valence-electron chi connectivity index (χ3n) is 7.53. The number of hydrogen-bond donors (Lipinski definition) is 0.